The molecule has 5 aromatic heterocycles. The van der Waals surface area contributed by atoms with Gasteiger partial charge < -0.3 is 14.6 Å². The van der Waals surface area contributed by atoms with E-state index in [1.807, 2.05) is 43.3 Å². The van der Waals surface area contributed by atoms with Gasteiger partial charge in [-0.05, 0) is 55.6 Å². The van der Waals surface area contributed by atoms with Crippen molar-refractivity contribution in [2.24, 2.45) is 0 Å². The van der Waals surface area contributed by atoms with Gasteiger partial charge in [-0.1, -0.05) is 0 Å². The highest BCUT2D eigenvalue weighted by molar-refractivity contribution is 5.99. The molecule has 6 aromatic rings. The van der Waals surface area contributed by atoms with Crippen LogP contribution in [-0.2, 0) is 0 Å². The Balaban J connectivity index is 1.41. The minimum Gasteiger partial charge on any atom is -0.492 e. The molecule has 0 saturated carbocycles. The molecule has 0 amide bonds. The molecule has 9 nitrogen and oxygen atoms in total. The topological polar surface area (TPSA) is 108 Å². The zero-order chi connectivity index (χ0) is 25.4. The summed E-state index contributed by atoms with van der Waals surface area (Å²) in [4.78, 5) is 22.6. The molecule has 0 atom stereocenters. The summed E-state index contributed by atoms with van der Waals surface area (Å²) < 4.78 is 20.3. The maximum absolute atomic E-state index is 14.5. The van der Waals surface area contributed by atoms with Gasteiger partial charge in [0.25, 0.3) is 0 Å². The van der Waals surface area contributed by atoms with Crippen LogP contribution >= 0.6 is 0 Å². The van der Waals surface area contributed by atoms with Gasteiger partial charge in [-0.2, -0.15) is 5.10 Å². The van der Waals surface area contributed by atoms with Gasteiger partial charge in [0.1, 0.15) is 30.1 Å². The summed E-state index contributed by atoms with van der Waals surface area (Å²) in [6.45, 7) is 1.20. The number of aromatic nitrogens is 7. The Hall–Kier alpha value is -4.70. The van der Waals surface area contributed by atoms with Crippen LogP contribution in [0.15, 0.2) is 67.5 Å². The first-order chi connectivity index (χ1) is 18.0. The summed E-state index contributed by atoms with van der Waals surface area (Å²) >= 11 is 0. The van der Waals surface area contributed by atoms with E-state index in [0.717, 1.165) is 45.4 Å². The van der Waals surface area contributed by atoms with Gasteiger partial charge in [-0.25, -0.2) is 24.3 Å². The second-order valence-corrected chi connectivity index (χ2v) is 8.95. The molecule has 0 aliphatic carbocycles. The van der Waals surface area contributed by atoms with E-state index >= 15 is 0 Å². The number of likely N-dealkylation sites (N-methyl/N-ethyl adjacent to an activating group) is 1. The molecule has 6 rings (SSSR count). The zero-order valence-electron chi connectivity index (χ0n) is 20.2. The van der Waals surface area contributed by atoms with E-state index in [-0.39, 0.29) is 5.82 Å². The number of hydrogen-bond acceptors (Lipinski definition) is 7. The average Bonchev–Trinajstić information content (AvgIpc) is 3.52. The van der Waals surface area contributed by atoms with Crippen LogP contribution in [0, 0.1) is 5.82 Å². The first-order valence-electron chi connectivity index (χ1n) is 11.7. The maximum Gasteiger partial charge on any atom is 0.181 e. The third kappa shape index (κ3) is 4.50. The fourth-order valence-electron chi connectivity index (χ4n) is 4.27. The number of ether oxygens (including phenoxy) is 1. The lowest BCUT2D eigenvalue weighted by atomic mass is 10.0. The molecular weight excluding hydrogens is 471 g/mol. The summed E-state index contributed by atoms with van der Waals surface area (Å²) in [5, 5.41) is 9.16. The van der Waals surface area contributed by atoms with Crippen molar-refractivity contribution in [3.63, 3.8) is 0 Å². The predicted octanol–water partition coefficient (Wildman–Crippen LogP) is 4.70. The number of aromatic amines is 2. The Kier molecular flexibility index (Phi) is 5.78. The molecular formula is C27H23FN8O. The molecule has 0 spiro atoms. The number of hydrogen-bond donors (Lipinski definition) is 2. The van der Waals surface area contributed by atoms with Crippen LogP contribution < -0.4 is 4.74 Å². The predicted molar refractivity (Wildman–Crippen MR) is 139 cm³/mol. The van der Waals surface area contributed by atoms with E-state index in [0.29, 0.717) is 29.2 Å². The molecule has 0 saturated heterocycles. The monoisotopic (exact) mass is 494 g/mol. The number of fused-ring (bicyclic) bond motifs is 2. The van der Waals surface area contributed by atoms with Crippen molar-refractivity contribution in [3.8, 4) is 39.4 Å². The maximum atomic E-state index is 14.5. The number of nitrogens with zero attached hydrogens (tertiary/aromatic N) is 6. The molecule has 0 aliphatic heterocycles. The van der Waals surface area contributed by atoms with Gasteiger partial charge in [0.2, 0.25) is 0 Å². The van der Waals surface area contributed by atoms with Gasteiger partial charge in [0, 0.05) is 59.3 Å². The Morgan fingerprint density at radius 1 is 0.919 bits per heavy atom. The molecule has 0 unspecified atom stereocenters. The van der Waals surface area contributed by atoms with Crippen LogP contribution in [0.3, 0.4) is 0 Å². The van der Waals surface area contributed by atoms with Crippen molar-refractivity contribution in [2.45, 2.75) is 0 Å². The molecule has 37 heavy (non-hydrogen) atoms. The third-order valence-electron chi connectivity index (χ3n) is 6.09. The summed E-state index contributed by atoms with van der Waals surface area (Å²) in [5.74, 6) is 0.127. The Labute approximate surface area is 211 Å². The van der Waals surface area contributed by atoms with Gasteiger partial charge in [-0.3, -0.25) is 5.10 Å². The highest BCUT2D eigenvalue weighted by atomic mass is 19.1. The van der Waals surface area contributed by atoms with Crippen LogP contribution in [0.25, 0.3) is 55.7 Å². The van der Waals surface area contributed by atoms with Crippen molar-refractivity contribution in [2.75, 3.05) is 27.2 Å². The first kappa shape index (κ1) is 22.7. The molecule has 5 heterocycles. The largest absolute Gasteiger partial charge is 0.492 e. The molecule has 0 radical (unpaired) electrons. The number of benzene rings is 1. The van der Waals surface area contributed by atoms with Crippen molar-refractivity contribution in [3.05, 3.63) is 73.3 Å². The van der Waals surface area contributed by atoms with Gasteiger partial charge >= 0.3 is 0 Å². The van der Waals surface area contributed by atoms with E-state index in [4.69, 9.17) is 4.74 Å². The summed E-state index contributed by atoms with van der Waals surface area (Å²) in [7, 11) is 3.93. The second-order valence-electron chi connectivity index (χ2n) is 8.95. The molecule has 0 aliphatic rings. The van der Waals surface area contributed by atoms with Crippen LogP contribution in [0.2, 0.25) is 0 Å². The van der Waals surface area contributed by atoms with E-state index in [2.05, 4.69) is 35.1 Å². The molecule has 1 aromatic carbocycles. The molecule has 0 fully saturated rings. The van der Waals surface area contributed by atoms with Crippen LogP contribution in [-0.4, -0.2) is 67.3 Å². The standard InChI is InChI=1S/C27H23FN8O/c1-36(2)5-6-37-20-8-16(7-19(28)10-20)21-3-4-31-26-22(21)11-24(33-26)25-23-9-17(14-32-27(23)35-34-25)18-12-29-15-30-13-18/h3-4,7-15H,5-6H2,1-2H3,(H,31,33)(H,32,34,35). The normalized spacial score (nSPS) is 11.6. The average molecular weight is 495 g/mol. The van der Waals surface area contributed by atoms with Gasteiger partial charge in [-0.15, -0.1) is 0 Å². The highest BCUT2D eigenvalue weighted by Gasteiger charge is 2.16. The molecule has 184 valence electrons. The SMILES string of the molecule is CN(C)CCOc1cc(F)cc(-c2ccnc3[nH]c(-c4[nH]nc5ncc(-c6cncnc6)cc45)cc23)c1. The zero-order valence-corrected chi connectivity index (χ0v) is 20.2. The van der Waals surface area contributed by atoms with Crippen molar-refractivity contribution in [1.29, 1.82) is 0 Å². The second kappa shape index (κ2) is 9.40. The van der Waals surface area contributed by atoms with E-state index in [1.165, 1.54) is 18.5 Å². The highest BCUT2D eigenvalue weighted by Crippen LogP contribution is 2.35. The number of pyridine rings is 2. The van der Waals surface area contributed by atoms with Crippen LogP contribution in [0.1, 0.15) is 0 Å². The van der Waals surface area contributed by atoms with Crippen LogP contribution in [0.4, 0.5) is 4.39 Å². The minimum absolute atomic E-state index is 0.360. The number of H-pyrrole nitrogens is 2. The van der Waals surface area contributed by atoms with Crippen LogP contribution in [0.5, 0.6) is 5.75 Å². The van der Waals surface area contributed by atoms with E-state index in [9.17, 15) is 4.39 Å². The van der Waals surface area contributed by atoms with Gasteiger partial charge in [0.05, 0.1) is 11.4 Å². The number of rotatable bonds is 7. The van der Waals surface area contributed by atoms with Crippen molar-refractivity contribution >= 4 is 22.1 Å². The molecule has 10 heteroatoms. The molecule has 0 bridgehead atoms. The minimum atomic E-state index is -0.360. The Morgan fingerprint density at radius 3 is 2.62 bits per heavy atom. The summed E-state index contributed by atoms with van der Waals surface area (Å²) in [5.41, 5.74) is 6.12. The van der Waals surface area contributed by atoms with E-state index in [1.54, 1.807) is 24.8 Å². The lowest BCUT2D eigenvalue weighted by Crippen LogP contribution is -2.19. The Morgan fingerprint density at radius 2 is 1.78 bits per heavy atom. The number of halogens is 1. The summed E-state index contributed by atoms with van der Waals surface area (Å²) in [6, 6.07) is 10.6. The Bertz CT molecular complexity index is 1710. The van der Waals surface area contributed by atoms with Crippen molar-refractivity contribution < 1.29 is 9.13 Å². The smallest absolute Gasteiger partial charge is 0.181 e. The third-order valence-corrected chi connectivity index (χ3v) is 6.09. The fraction of sp³-hybridized carbons (Fsp3) is 0.148. The lowest BCUT2D eigenvalue weighted by Gasteiger charge is -2.12. The molecule has 2 N–H and O–H groups in total. The quantitative estimate of drug-likeness (QED) is 0.331. The summed E-state index contributed by atoms with van der Waals surface area (Å²) in [6.07, 6.45) is 8.43. The van der Waals surface area contributed by atoms with E-state index < -0.39 is 0 Å². The van der Waals surface area contributed by atoms with Crippen molar-refractivity contribution in [1.82, 2.24) is 40.0 Å². The fourth-order valence-corrected chi connectivity index (χ4v) is 4.27. The number of nitrogens with one attached hydrogen (secondary N) is 2. The van der Waals surface area contributed by atoms with Gasteiger partial charge in [0.15, 0.2) is 5.65 Å². The lowest BCUT2D eigenvalue weighted by molar-refractivity contribution is 0.260. The first-order valence-corrected chi connectivity index (χ1v) is 11.7.